The van der Waals surface area contributed by atoms with Crippen LogP contribution in [0.4, 0.5) is 10.1 Å². The lowest BCUT2D eigenvalue weighted by atomic mass is 10.2. The number of hydrogen-bond donors (Lipinski definition) is 1. The Balaban J connectivity index is 2.02. The van der Waals surface area contributed by atoms with Crippen LogP contribution in [0.5, 0.6) is 0 Å². The Labute approximate surface area is 106 Å². The monoisotopic (exact) mass is 254 g/mol. The predicted molar refractivity (Wildman–Crippen MR) is 67.7 cm³/mol. The highest BCUT2D eigenvalue weighted by Gasteiger charge is 2.32. The van der Waals surface area contributed by atoms with Crippen molar-refractivity contribution in [3.8, 4) is 0 Å². The number of nitrogen functional groups attached to an aromatic ring is 1. The molecule has 2 unspecified atom stereocenters. The summed E-state index contributed by atoms with van der Waals surface area (Å²) in [6.07, 6.45) is 0.0960. The van der Waals surface area contributed by atoms with Crippen LogP contribution in [0, 0.1) is 5.82 Å². The van der Waals surface area contributed by atoms with Gasteiger partial charge in [0.15, 0.2) is 0 Å². The molecule has 18 heavy (non-hydrogen) atoms. The number of nitrogens with two attached hydrogens (primary N) is 1. The molecule has 4 nitrogen and oxygen atoms in total. The van der Waals surface area contributed by atoms with Crippen molar-refractivity contribution >= 4 is 5.69 Å². The van der Waals surface area contributed by atoms with Crippen LogP contribution in [0.2, 0.25) is 0 Å². The second-order valence-corrected chi connectivity index (χ2v) is 4.59. The van der Waals surface area contributed by atoms with E-state index in [1.165, 1.54) is 6.07 Å². The molecule has 1 aromatic rings. The first-order chi connectivity index (χ1) is 8.63. The Kier molecular flexibility index (Phi) is 4.16. The zero-order chi connectivity index (χ0) is 13.1. The summed E-state index contributed by atoms with van der Waals surface area (Å²) < 4.78 is 24.4. The number of benzene rings is 1. The van der Waals surface area contributed by atoms with Crippen LogP contribution < -0.4 is 5.73 Å². The predicted octanol–water partition coefficient (Wildman–Crippen LogP) is 1.25. The average Bonchev–Trinajstić information content (AvgIpc) is 2.75. The minimum Gasteiger partial charge on any atom is -0.399 e. The van der Waals surface area contributed by atoms with Gasteiger partial charge < -0.3 is 15.2 Å². The Bertz CT molecular complexity index is 402. The van der Waals surface area contributed by atoms with Crippen LogP contribution in [0.1, 0.15) is 5.56 Å². The Morgan fingerprint density at radius 3 is 2.39 bits per heavy atom. The summed E-state index contributed by atoms with van der Waals surface area (Å²) in [5.41, 5.74) is 6.62. The van der Waals surface area contributed by atoms with Crippen molar-refractivity contribution in [3.05, 3.63) is 29.6 Å². The van der Waals surface area contributed by atoms with Crippen molar-refractivity contribution in [1.29, 1.82) is 0 Å². The van der Waals surface area contributed by atoms with Gasteiger partial charge in [0.2, 0.25) is 0 Å². The first-order valence-electron chi connectivity index (χ1n) is 5.96. The van der Waals surface area contributed by atoms with Gasteiger partial charge in [0.25, 0.3) is 0 Å². The first-order valence-corrected chi connectivity index (χ1v) is 5.96. The van der Waals surface area contributed by atoms with Gasteiger partial charge in [0.05, 0.1) is 12.2 Å². The number of ether oxygens (including phenoxy) is 2. The summed E-state index contributed by atoms with van der Waals surface area (Å²) in [6.45, 7) is 2.05. The van der Waals surface area contributed by atoms with Crippen LogP contribution >= 0.6 is 0 Å². The van der Waals surface area contributed by atoms with Crippen molar-refractivity contribution in [2.24, 2.45) is 0 Å². The molecule has 0 radical (unpaired) electrons. The third kappa shape index (κ3) is 2.80. The Morgan fingerprint density at radius 2 is 1.89 bits per heavy atom. The van der Waals surface area contributed by atoms with E-state index in [0.29, 0.717) is 17.8 Å². The van der Waals surface area contributed by atoms with Gasteiger partial charge in [0, 0.05) is 45.1 Å². The summed E-state index contributed by atoms with van der Waals surface area (Å²) >= 11 is 0. The molecule has 1 aliphatic heterocycles. The molecule has 0 saturated carbocycles. The fraction of sp³-hybridized carbons (Fsp3) is 0.538. The zero-order valence-electron chi connectivity index (χ0n) is 10.7. The first kappa shape index (κ1) is 13.3. The number of halogens is 1. The number of methoxy groups -OCH3 is 2. The smallest absolute Gasteiger partial charge is 0.129 e. The van der Waals surface area contributed by atoms with E-state index in [2.05, 4.69) is 4.90 Å². The topological polar surface area (TPSA) is 47.7 Å². The van der Waals surface area contributed by atoms with E-state index in [0.717, 1.165) is 13.1 Å². The number of hydrogen-bond acceptors (Lipinski definition) is 4. The van der Waals surface area contributed by atoms with E-state index in [1.807, 2.05) is 0 Å². The molecule has 2 atom stereocenters. The molecule has 0 amide bonds. The number of likely N-dealkylation sites (tertiary alicyclic amines) is 1. The molecule has 2 rings (SSSR count). The largest absolute Gasteiger partial charge is 0.399 e. The lowest BCUT2D eigenvalue weighted by Gasteiger charge is -2.15. The fourth-order valence-electron chi connectivity index (χ4n) is 2.33. The molecular weight excluding hydrogens is 235 g/mol. The van der Waals surface area contributed by atoms with Crippen molar-refractivity contribution in [3.63, 3.8) is 0 Å². The Hall–Kier alpha value is -1.17. The summed E-state index contributed by atoms with van der Waals surface area (Å²) in [5, 5.41) is 0. The SMILES string of the molecule is COC1CN(Cc2ccc(N)cc2F)CC1OC. The summed E-state index contributed by atoms with van der Waals surface area (Å²) in [7, 11) is 3.34. The van der Waals surface area contributed by atoms with Crippen molar-refractivity contribution in [1.82, 2.24) is 4.90 Å². The van der Waals surface area contributed by atoms with E-state index in [1.54, 1.807) is 26.4 Å². The van der Waals surface area contributed by atoms with E-state index < -0.39 is 0 Å². The molecule has 1 aliphatic rings. The van der Waals surface area contributed by atoms with Crippen molar-refractivity contribution < 1.29 is 13.9 Å². The van der Waals surface area contributed by atoms with Gasteiger partial charge in [-0.15, -0.1) is 0 Å². The number of nitrogens with zero attached hydrogens (tertiary/aromatic N) is 1. The van der Waals surface area contributed by atoms with Gasteiger partial charge in [-0.25, -0.2) is 4.39 Å². The minimum atomic E-state index is -0.259. The molecule has 5 heteroatoms. The van der Waals surface area contributed by atoms with Crippen molar-refractivity contribution in [2.45, 2.75) is 18.8 Å². The van der Waals surface area contributed by atoms with Gasteiger partial charge in [-0.2, -0.15) is 0 Å². The molecule has 0 aromatic heterocycles. The van der Waals surface area contributed by atoms with Crippen LogP contribution in [-0.4, -0.2) is 44.4 Å². The normalized spacial score (nSPS) is 24.6. The van der Waals surface area contributed by atoms with Crippen LogP contribution in [0.25, 0.3) is 0 Å². The zero-order valence-corrected chi connectivity index (χ0v) is 10.7. The third-order valence-corrected chi connectivity index (χ3v) is 3.37. The average molecular weight is 254 g/mol. The third-order valence-electron chi connectivity index (χ3n) is 3.37. The molecule has 0 bridgehead atoms. The van der Waals surface area contributed by atoms with Crippen LogP contribution in [0.15, 0.2) is 18.2 Å². The van der Waals surface area contributed by atoms with Gasteiger partial charge >= 0.3 is 0 Å². The lowest BCUT2D eigenvalue weighted by molar-refractivity contribution is -0.00461. The molecule has 1 aromatic carbocycles. The highest BCUT2D eigenvalue weighted by atomic mass is 19.1. The maximum absolute atomic E-state index is 13.7. The molecule has 1 saturated heterocycles. The molecule has 1 fully saturated rings. The van der Waals surface area contributed by atoms with E-state index >= 15 is 0 Å². The summed E-state index contributed by atoms with van der Waals surface area (Å²) in [6, 6.07) is 4.80. The second-order valence-electron chi connectivity index (χ2n) is 4.59. The van der Waals surface area contributed by atoms with E-state index in [9.17, 15) is 4.39 Å². The maximum atomic E-state index is 13.7. The van der Waals surface area contributed by atoms with Crippen molar-refractivity contribution in [2.75, 3.05) is 33.0 Å². The standard InChI is InChI=1S/C13H19FN2O2/c1-17-12-7-16(8-13(12)18-2)6-9-3-4-10(15)5-11(9)14/h3-5,12-13H,6-8,15H2,1-2H3. The molecule has 2 N–H and O–H groups in total. The lowest BCUT2D eigenvalue weighted by Crippen LogP contribution is -2.27. The van der Waals surface area contributed by atoms with Gasteiger partial charge in [0.1, 0.15) is 5.82 Å². The summed E-state index contributed by atoms with van der Waals surface area (Å²) in [5.74, 6) is -0.259. The fourth-order valence-corrected chi connectivity index (χ4v) is 2.33. The van der Waals surface area contributed by atoms with Crippen LogP contribution in [0.3, 0.4) is 0 Å². The maximum Gasteiger partial charge on any atom is 0.129 e. The van der Waals surface area contributed by atoms with Gasteiger partial charge in [-0.1, -0.05) is 6.07 Å². The summed E-state index contributed by atoms with van der Waals surface area (Å²) in [4.78, 5) is 2.12. The molecule has 1 heterocycles. The number of anilines is 1. The van der Waals surface area contributed by atoms with Crippen LogP contribution in [-0.2, 0) is 16.0 Å². The molecular formula is C13H19FN2O2. The minimum absolute atomic E-state index is 0.0480. The highest BCUT2D eigenvalue weighted by molar-refractivity contribution is 5.40. The quantitative estimate of drug-likeness (QED) is 0.822. The molecule has 100 valence electrons. The van der Waals surface area contributed by atoms with E-state index in [-0.39, 0.29) is 18.0 Å². The highest BCUT2D eigenvalue weighted by Crippen LogP contribution is 2.20. The molecule has 0 spiro atoms. The number of rotatable bonds is 4. The van der Waals surface area contributed by atoms with Gasteiger partial charge in [-0.05, 0) is 12.1 Å². The van der Waals surface area contributed by atoms with Gasteiger partial charge in [-0.3, -0.25) is 4.90 Å². The van der Waals surface area contributed by atoms with E-state index in [4.69, 9.17) is 15.2 Å². The molecule has 0 aliphatic carbocycles. The second kappa shape index (κ2) is 5.65. The Morgan fingerprint density at radius 1 is 1.28 bits per heavy atom.